The fourth-order valence-corrected chi connectivity index (χ4v) is 1.36. The Bertz CT molecular complexity index is 427. The lowest BCUT2D eigenvalue weighted by Gasteiger charge is -2.02. The van der Waals surface area contributed by atoms with Crippen molar-refractivity contribution in [1.82, 2.24) is 0 Å². The van der Waals surface area contributed by atoms with Crippen LogP contribution >= 0.6 is 0 Å². The first-order chi connectivity index (χ1) is 5.70. The molecule has 1 N–H and O–H groups in total. The summed E-state index contributed by atoms with van der Waals surface area (Å²) in [5.74, 6) is 0.335. The molecule has 2 aromatic rings. The maximum absolute atomic E-state index is 9.47. The Morgan fingerprint density at radius 3 is 2.75 bits per heavy atom. The van der Waals surface area contributed by atoms with Gasteiger partial charge in [-0.25, -0.2) is 0 Å². The summed E-state index contributed by atoms with van der Waals surface area (Å²) in [7, 11) is 0. The van der Waals surface area contributed by atoms with Gasteiger partial charge in [-0.05, 0) is 37.1 Å². The van der Waals surface area contributed by atoms with Crippen LogP contribution < -0.4 is 0 Å². The Morgan fingerprint density at radius 1 is 1.25 bits per heavy atom. The fraction of sp³-hybridized carbons (Fsp3) is 0.200. The second-order valence-corrected chi connectivity index (χ2v) is 2.98. The SMILES string of the molecule is Cc1c(O)cc2ccoc2c1C. The molecule has 0 atom stereocenters. The van der Waals surface area contributed by atoms with E-state index < -0.39 is 0 Å². The van der Waals surface area contributed by atoms with E-state index in [1.54, 1.807) is 12.3 Å². The van der Waals surface area contributed by atoms with E-state index in [4.69, 9.17) is 4.42 Å². The van der Waals surface area contributed by atoms with Crippen molar-refractivity contribution in [2.75, 3.05) is 0 Å². The molecule has 0 aliphatic rings. The van der Waals surface area contributed by atoms with Crippen LogP contribution in [0.5, 0.6) is 5.75 Å². The van der Waals surface area contributed by atoms with Gasteiger partial charge in [0.05, 0.1) is 6.26 Å². The van der Waals surface area contributed by atoms with Crippen molar-refractivity contribution < 1.29 is 9.52 Å². The minimum absolute atomic E-state index is 0.335. The van der Waals surface area contributed by atoms with Gasteiger partial charge in [0.1, 0.15) is 11.3 Å². The highest BCUT2D eigenvalue weighted by atomic mass is 16.3. The zero-order valence-electron chi connectivity index (χ0n) is 7.09. The zero-order valence-corrected chi connectivity index (χ0v) is 7.09. The van der Waals surface area contributed by atoms with Crippen molar-refractivity contribution in [3.63, 3.8) is 0 Å². The molecular formula is C10H10O2. The Hall–Kier alpha value is -1.44. The zero-order chi connectivity index (χ0) is 8.72. The van der Waals surface area contributed by atoms with Gasteiger partial charge in [-0.2, -0.15) is 0 Å². The topological polar surface area (TPSA) is 33.4 Å². The normalized spacial score (nSPS) is 10.8. The Labute approximate surface area is 70.4 Å². The summed E-state index contributed by atoms with van der Waals surface area (Å²) in [5.41, 5.74) is 2.76. The molecular weight excluding hydrogens is 152 g/mol. The molecule has 0 fully saturated rings. The predicted octanol–water partition coefficient (Wildman–Crippen LogP) is 2.76. The lowest BCUT2D eigenvalue weighted by Crippen LogP contribution is -1.81. The largest absolute Gasteiger partial charge is 0.508 e. The molecule has 1 aromatic heterocycles. The van der Waals surface area contributed by atoms with Crippen LogP contribution in [0.2, 0.25) is 0 Å². The average molecular weight is 162 g/mol. The van der Waals surface area contributed by atoms with Gasteiger partial charge >= 0.3 is 0 Å². The Morgan fingerprint density at radius 2 is 2.00 bits per heavy atom. The Balaban J connectivity index is 2.94. The standard InChI is InChI=1S/C10H10O2/c1-6-7(2)10-8(3-4-12-10)5-9(6)11/h3-5,11H,1-2H3. The van der Waals surface area contributed by atoms with Crippen LogP contribution in [0.25, 0.3) is 11.0 Å². The molecule has 2 rings (SSSR count). The summed E-state index contributed by atoms with van der Waals surface area (Å²) in [6.07, 6.45) is 1.64. The third-order valence-electron chi connectivity index (χ3n) is 2.28. The summed E-state index contributed by atoms with van der Waals surface area (Å²) in [5, 5.41) is 10.4. The van der Waals surface area contributed by atoms with Crippen LogP contribution in [-0.2, 0) is 0 Å². The van der Waals surface area contributed by atoms with E-state index in [1.165, 1.54) is 0 Å². The number of aromatic hydroxyl groups is 1. The maximum Gasteiger partial charge on any atom is 0.137 e. The molecule has 0 bridgehead atoms. The molecule has 0 saturated carbocycles. The van der Waals surface area contributed by atoms with Gasteiger partial charge in [0.15, 0.2) is 0 Å². The summed E-state index contributed by atoms with van der Waals surface area (Å²) >= 11 is 0. The van der Waals surface area contributed by atoms with Crippen LogP contribution in [-0.4, -0.2) is 5.11 Å². The monoisotopic (exact) mass is 162 g/mol. The van der Waals surface area contributed by atoms with Crippen LogP contribution in [0, 0.1) is 13.8 Å². The number of fused-ring (bicyclic) bond motifs is 1. The number of rotatable bonds is 0. The van der Waals surface area contributed by atoms with E-state index in [1.807, 2.05) is 19.9 Å². The van der Waals surface area contributed by atoms with Crippen molar-refractivity contribution in [2.45, 2.75) is 13.8 Å². The molecule has 0 unspecified atom stereocenters. The molecule has 0 amide bonds. The van der Waals surface area contributed by atoms with Crippen molar-refractivity contribution in [2.24, 2.45) is 0 Å². The van der Waals surface area contributed by atoms with Crippen LogP contribution in [0.15, 0.2) is 22.8 Å². The molecule has 0 aliphatic carbocycles. The van der Waals surface area contributed by atoms with Gasteiger partial charge in [0.2, 0.25) is 0 Å². The van der Waals surface area contributed by atoms with Gasteiger partial charge in [0, 0.05) is 5.39 Å². The highest BCUT2D eigenvalue weighted by Crippen LogP contribution is 2.29. The summed E-state index contributed by atoms with van der Waals surface area (Å²) < 4.78 is 5.27. The third-order valence-corrected chi connectivity index (χ3v) is 2.28. The fourth-order valence-electron chi connectivity index (χ4n) is 1.36. The van der Waals surface area contributed by atoms with E-state index in [2.05, 4.69) is 0 Å². The van der Waals surface area contributed by atoms with Crippen molar-refractivity contribution in [3.05, 3.63) is 29.5 Å². The number of hydrogen-bond donors (Lipinski definition) is 1. The molecule has 0 radical (unpaired) electrons. The quantitative estimate of drug-likeness (QED) is 0.646. The maximum atomic E-state index is 9.47. The molecule has 2 nitrogen and oxygen atoms in total. The van der Waals surface area contributed by atoms with Crippen LogP contribution in [0.3, 0.4) is 0 Å². The number of furan rings is 1. The average Bonchev–Trinajstić information content (AvgIpc) is 2.48. The van der Waals surface area contributed by atoms with Gasteiger partial charge in [-0.15, -0.1) is 0 Å². The lowest BCUT2D eigenvalue weighted by atomic mass is 10.1. The number of aryl methyl sites for hydroxylation is 1. The highest BCUT2D eigenvalue weighted by molar-refractivity contribution is 5.83. The molecule has 2 heteroatoms. The minimum atomic E-state index is 0.335. The first-order valence-corrected chi connectivity index (χ1v) is 3.86. The van der Waals surface area contributed by atoms with E-state index in [0.717, 1.165) is 22.1 Å². The number of phenolic OH excluding ortho intramolecular Hbond substituents is 1. The minimum Gasteiger partial charge on any atom is -0.508 e. The van der Waals surface area contributed by atoms with E-state index in [0.29, 0.717) is 5.75 Å². The lowest BCUT2D eigenvalue weighted by molar-refractivity contribution is 0.471. The Kier molecular flexibility index (Phi) is 1.37. The van der Waals surface area contributed by atoms with Crippen molar-refractivity contribution in [1.29, 1.82) is 0 Å². The number of hydrogen-bond acceptors (Lipinski definition) is 2. The van der Waals surface area contributed by atoms with Gasteiger partial charge in [-0.1, -0.05) is 0 Å². The van der Waals surface area contributed by atoms with E-state index >= 15 is 0 Å². The molecule has 0 saturated heterocycles. The smallest absolute Gasteiger partial charge is 0.137 e. The number of phenols is 1. The second-order valence-electron chi connectivity index (χ2n) is 2.98. The van der Waals surface area contributed by atoms with Gasteiger partial charge in [0.25, 0.3) is 0 Å². The summed E-state index contributed by atoms with van der Waals surface area (Å²) in [6.45, 7) is 3.83. The number of benzene rings is 1. The van der Waals surface area contributed by atoms with Crippen LogP contribution in [0.1, 0.15) is 11.1 Å². The summed E-state index contributed by atoms with van der Waals surface area (Å²) in [4.78, 5) is 0. The highest BCUT2D eigenvalue weighted by Gasteiger charge is 2.07. The molecule has 62 valence electrons. The van der Waals surface area contributed by atoms with E-state index in [9.17, 15) is 5.11 Å². The molecule has 12 heavy (non-hydrogen) atoms. The van der Waals surface area contributed by atoms with E-state index in [-0.39, 0.29) is 0 Å². The van der Waals surface area contributed by atoms with Crippen molar-refractivity contribution in [3.8, 4) is 5.75 Å². The molecule has 0 spiro atoms. The molecule has 1 heterocycles. The van der Waals surface area contributed by atoms with Gasteiger partial charge < -0.3 is 9.52 Å². The molecule has 0 aliphatic heterocycles. The predicted molar refractivity (Wildman–Crippen MR) is 47.4 cm³/mol. The first-order valence-electron chi connectivity index (χ1n) is 3.86. The second kappa shape index (κ2) is 2.27. The molecule has 1 aromatic carbocycles. The van der Waals surface area contributed by atoms with Gasteiger partial charge in [-0.3, -0.25) is 0 Å². The van der Waals surface area contributed by atoms with Crippen molar-refractivity contribution >= 4 is 11.0 Å². The third kappa shape index (κ3) is 0.811. The summed E-state index contributed by atoms with van der Waals surface area (Å²) in [6, 6.07) is 3.57. The first kappa shape index (κ1) is 7.22. The van der Waals surface area contributed by atoms with Crippen LogP contribution in [0.4, 0.5) is 0 Å².